The second-order valence-electron chi connectivity index (χ2n) is 5.37. The number of halogens is 3. The van der Waals surface area contributed by atoms with E-state index in [0.29, 0.717) is 5.56 Å². The van der Waals surface area contributed by atoms with Crippen LogP contribution in [0.1, 0.15) is 23.9 Å². The average molecular weight is 400 g/mol. The summed E-state index contributed by atoms with van der Waals surface area (Å²) < 4.78 is 44.7. The maximum atomic E-state index is 12.8. The number of non-ortho nitro benzene ring substituents is 1. The normalized spacial score (nSPS) is 12.9. The highest BCUT2D eigenvalue weighted by molar-refractivity contribution is 7.99. The largest absolute Gasteiger partial charge is 0.451 e. The third-order valence-electron chi connectivity index (χ3n) is 3.48. The highest BCUT2D eigenvalue weighted by atomic mass is 32.2. The van der Waals surface area contributed by atoms with Crippen LogP contribution in [0, 0.1) is 10.1 Å². The molecule has 0 unspecified atom stereocenters. The van der Waals surface area contributed by atoms with E-state index >= 15 is 0 Å². The molecule has 13 heteroatoms. The van der Waals surface area contributed by atoms with E-state index in [1.807, 2.05) is 0 Å². The van der Waals surface area contributed by atoms with Crippen molar-refractivity contribution in [1.82, 2.24) is 25.0 Å². The van der Waals surface area contributed by atoms with Gasteiger partial charge in [-0.1, -0.05) is 11.8 Å². The summed E-state index contributed by atoms with van der Waals surface area (Å²) in [6.45, 7) is 1.67. The zero-order valence-corrected chi connectivity index (χ0v) is 14.7. The fraction of sp³-hybridized carbons (Fsp3) is 0.286. The van der Waals surface area contributed by atoms with E-state index in [0.717, 1.165) is 16.3 Å². The van der Waals surface area contributed by atoms with Crippen molar-refractivity contribution in [2.45, 2.75) is 23.5 Å². The molecule has 0 saturated heterocycles. The first-order chi connectivity index (χ1) is 12.7. The number of hydrogen-bond acceptors (Lipinski definition) is 8. The summed E-state index contributed by atoms with van der Waals surface area (Å²) in [7, 11) is 1.22. The van der Waals surface area contributed by atoms with Gasteiger partial charge in [0.2, 0.25) is 17.6 Å². The number of thioether (sulfide) groups is 1. The highest BCUT2D eigenvalue weighted by Gasteiger charge is 2.37. The molecule has 0 fully saturated rings. The lowest BCUT2D eigenvalue weighted by atomic mass is 10.2. The van der Waals surface area contributed by atoms with Crippen molar-refractivity contribution in [1.29, 1.82) is 0 Å². The van der Waals surface area contributed by atoms with Gasteiger partial charge in [0, 0.05) is 24.7 Å². The molecule has 0 radical (unpaired) electrons. The van der Waals surface area contributed by atoms with Gasteiger partial charge >= 0.3 is 6.18 Å². The van der Waals surface area contributed by atoms with Crippen LogP contribution in [0.3, 0.4) is 0 Å². The summed E-state index contributed by atoms with van der Waals surface area (Å²) in [6, 6.07) is 5.53. The van der Waals surface area contributed by atoms with Crippen LogP contribution in [-0.2, 0) is 13.2 Å². The Morgan fingerprint density at radius 1 is 1.19 bits per heavy atom. The van der Waals surface area contributed by atoms with Crippen LogP contribution in [-0.4, -0.2) is 29.9 Å². The van der Waals surface area contributed by atoms with Crippen LogP contribution in [0.5, 0.6) is 0 Å². The lowest BCUT2D eigenvalue weighted by molar-refractivity contribution is -0.384. The molecule has 2 heterocycles. The van der Waals surface area contributed by atoms with Crippen LogP contribution in [0.25, 0.3) is 11.5 Å². The van der Waals surface area contributed by atoms with Crippen molar-refractivity contribution in [3.8, 4) is 11.5 Å². The first kappa shape index (κ1) is 18.8. The Labute approximate surface area is 153 Å². The maximum absolute atomic E-state index is 12.8. The van der Waals surface area contributed by atoms with Gasteiger partial charge in [-0.2, -0.15) is 13.2 Å². The molecule has 3 rings (SSSR count). The zero-order chi connectivity index (χ0) is 19.8. The number of nitro benzene ring substituents is 1. The van der Waals surface area contributed by atoms with Gasteiger partial charge in [-0.15, -0.1) is 20.4 Å². The fourth-order valence-electron chi connectivity index (χ4n) is 2.11. The maximum Gasteiger partial charge on any atom is 0.451 e. The van der Waals surface area contributed by atoms with Crippen molar-refractivity contribution in [2.24, 2.45) is 7.05 Å². The van der Waals surface area contributed by atoms with Gasteiger partial charge in [0.1, 0.15) is 0 Å². The molecule has 0 amide bonds. The van der Waals surface area contributed by atoms with E-state index in [-0.39, 0.29) is 22.6 Å². The monoisotopic (exact) mass is 400 g/mol. The summed E-state index contributed by atoms with van der Waals surface area (Å²) in [5.74, 6) is -0.791. The first-order valence-corrected chi connectivity index (χ1v) is 8.26. The fourth-order valence-corrected chi connectivity index (χ4v) is 2.96. The Morgan fingerprint density at radius 2 is 1.85 bits per heavy atom. The van der Waals surface area contributed by atoms with E-state index in [4.69, 9.17) is 4.42 Å². The minimum Gasteiger partial charge on any atom is -0.419 e. The molecule has 0 spiro atoms. The lowest BCUT2D eigenvalue weighted by Gasteiger charge is -2.08. The molecule has 0 aliphatic rings. The van der Waals surface area contributed by atoms with E-state index in [9.17, 15) is 23.3 Å². The summed E-state index contributed by atoms with van der Waals surface area (Å²) in [5.41, 5.74) is 0.403. The third-order valence-corrected chi connectivity index (χ3v) is 4.61. The topological polar surface area (TPSA) is 113 Å². The molecule has 1 aromatic carbocycles. The van der Waals surface area contributed by atoms with E-state index in [1.54, 1.807) is 6.92 Å². The van der Waals surface area contributed by atoms with Crippen LogP contribution >= 0.6 is 11.8 Å². The predicted octanol–water partition coefficient (Wildman–Crippen LogP) is 3.65. The molecule has 0 saturated carbocycles. The van der Waals surface area contributed by atoms with Crippen LogP contribution in [0.2, 0.25) is 0 Å². The van der Waals surface area contributed by atoms with Crippen molar-refractivity contribution in [2.75, 3.05) is 0 Å². The van der Waals surface area contributed by atoms with E-state index < -0.39 is 22.2 Å². The molecular weight excluding hydrogens is 389 g/mol. The highest BCUT2D eigenvalue weighted by Crippen LogP contribution is 2.36. The van der Waals surface area contributed by atoms with Gasteiger partial charge in [0.25, 0.3) is 5.69 Å². The Balaban J connectivity index is 1.76. The predicted molar refractivity (Wildman–Crippen MR) is 86.7 cm³/mol. The minimum atomic E-state index is -4.60. The molecule has 0 N–H and O–H groups in total. The summed E-state index contributed by atoms with van der Waals surface area (Å²) in [6.07, 6.45) is -4.60. The van der Waals surface area contributed by atoms with Crippen LogP contribution in [0.15, 0.2) is 33.8 Å². The number of nitro groups is 1. The summed E-state index contributed by atoms with van der Waals surface area (Å²) in [5, 5.41) is 24.7. The van der Waals surface area contributed by atoms with E-state index in [2.05, 4.69) is 20.4 Å². The molecular formula is C14H11F3N6O3S. The SMILES string of the molecule is C[C@H](Sc1nnc(C(F)(F)F)n1C)c1nnc(-c2ccc([N+](=O)[O-])cc2)o1. The van der Waals surface area contributed by atoms with Gasteiger partial charge in [-0.3, -0.25) is 10.1 Å². The van der Waals surface area contributed by atoms with Crippen molar-refractivity contribution in [3.05, 3.63) is 46.1 Å². The molecule has 1 atom stereocenters. The van der Waals surface area contributed by atoms with Gasteiger partial charge in [0.05, 0.1) is 10.2 Å². The molecule has 3 aromatic rings. The van der Waals surface area contributed by atoms with Crippen molar-refractivity contribution >= 4 is 17.4 Å². The first-order valence-electron chi connectivity index (χ1n) is 7.38. The lowest BCUT2D eigenvalue weighted by Crippen LogP contribution is -2.13. The Bertz CT molecular complexity index is 969. The van der Waals surface area contributed by atoms with Crippen molar-refractivity contribution < 1.29 is 22.5 Å². The average Bonchev–Trinajstić information content (AvgIpc) is 3.22. The number of nitrogens with zero attached hydrogens (tertiary/aromatic N) is 6. The molecule has 27 heavy (non-hydrogen) atoms. The van der Waals surface area contributed by atoms with Gasteiger partial charge < -0.3 is 8.98 Å². The molecule has 0 aliphatic heterocycles. The van der Waals surface area contributed by atoms with Crippen LogP contribution < -0.4 is 0 Å². The second kappa shape index (κ2) is 6.98. The minimum absolute atomic E-state index is 0.0462. The molecule has 0 bridgehead atoms. The molecule has 2 aromatic heterocycles. The van der Waals surface area contributed by atoms with Crippen LogP contribution in [0.4, 0.5) is 18.9 Å². The van der Waals surface area contributed by atoms with Crippen molar-refractivity contribution in [3.63, 3.8) is 0 Å². The summed E-state index contributed by atoms with van der Waals surface area (Å²) >= 11 is 0.979. The number of rotatable bonds is 5. The quantitative estimate of drug-likeness (QED) is 0.362. The third kappa shape index (κ3) is 3.92. The Kier molecular flexibility index (Phi) is 4.87. The molecule has 9 nitrogen and oxygen atoms in total. The zero-order valence-electron chi connectivity index (χ0n) is 13.8. The van der Waals surface area contributed by atoms with E-state index in [1.165, 1.54) is 31.3 Å². The number of aromatic nitrogens is 5. The summed E-state index contributed by atoms with van der Waals surface area (Å²) in [4.78, 5) is 10.1. The molecule has 142 valence electrons. The van der Waals surface area contributed by atoms with Gasteiger partial charge in [-0.05, 0) is 19.1 Å². The number of hydrogen-bond donors (Lipinski definition) is 0. The van der Waals surface area contributed by atoms with Gasteiger partial charge in [-0.25, -0.2) is 0 Å². The number of alkyl halides is 3. The second-order valence-corrected chi connectivity index (χ2v) is 6.68. The number of benzene rings is 1. The Morgan fingerprint density at radius 3 is 2.41 bits per heavy atom. The smallest absolute Gasteiger partial charge is 0.419 e. The van der Waals surface area contributed by atoms with Gasteiger partial charge in [0.15, 0.2) is 5.16 Å². The standard InChI is InChI=1S/C14H11F3N6O3S/c1-7(27-13-21-20-12(22(13)2)14(15,16)17)10-18-19-11(26-10)8-3-5-9(6-4-8)23(24)25/h3-7H,1-2H3/t7-/m0/s1. The molecule has 0 aliphatic carbocycles. The Hall–Kier alpha value is -2.96.